The molecule has 0 aliphatic rings. The molecule has 1 N–H and O–H groups in total. The summed E-state index contributed by atoms with van der Waals surface area (Å²) >= 11 is 0. The number of aliphatic hydroxyl groups is 1. The second-order valence-electron chi connectivity index (χ2n) is 4.59. The molecule has 0 spiro atoms. The molecule has 84 valence electrons. The highest BCUT2D eigenvalue weighted by Crippen LogP contribution is 2.14. The van der Waals surface area contributed by atoms with Crippen molar-refractivity contribution in [2.24, 2.45) is 5.92 Å². The monoisotopic (exact) mass is 206 g/mol. The van der Waals surface area contributed by atoms with Gasteiger partial charge < -0.3 is 5.11 Å². The Morgan fingerprint density at radius 1 is 1.20 bits per heavy atom. The predicted molar refractivity (Wildman–Crippen MR) is 65.0 cm³/mol. The van der Waals surface area contributed by atoms with Crippen molar-refractivity contribution in [3.63, 3.8) is 0 Å². The van der Waals surface area contributed by atoms with Crippen molar-refractivity contribution in [1.29, 1.82) is 0 Å². The lowest BCUT2D eigenvalue weighted by molar-refractivity contribution is 0.144. The molecule has 15 heavy (non-hydrogen) atoms. The molecule has 0 aromatic heterocycles. The molecule has 1 nitrogen and oxygen atoms in total. The number of rotatable bonds is 5. The Morgan fingerprint density at radius 3 is 2.33 bits per heavy atom. The highest BCUT2D eigenvalue weighted by molar-refractivity contribution is 5.21. The van der Waals surface area contributed by atoms with E-state index in [1.54, 1.807) is 0 Å². The van der Waals surface area contributed by atoms with Gasteiger partial charge in [-0.05, 0) is 31.2 Å². The average Bonchev–Trinajstić information content (AvgIpc) is 2.21. The highest BCUT2D eigenvalue weighted by Gasteiger charge is 2.09. The fourth-order valence-electron chi connectivity index (χ4n) is 1.71. The summed E-state index contributed by atoms with van der Waals surface area (Å²) in [7, 11) is 0. The first kappa shape index (κ1) is 12.3. The summed E-state index contributed by atoms with van der Waals surface area (Å²) in [4.78, 5) is 0. The first-order valence-electron chi connectivity index (χ1n) is 5.85. The maximum atomic E-state index is 9.87. The molecule has 0 aliphatic heterocycles. The molecule has 0 bridgehead atoms. The summed E-state index contributed by atoms with van der Waals surface area (Å²) in [6.45, 7) is 6.45. The zero-order valence-electron chi connectivity index (χ0n) is 10.0. The fraction of sp³-hybridized carbons (Fsp3) is 0.571. The Morgan fingerprint density at radius 2 is 1.80 bits per heavy atom. The van der Waals surface area contributed by atoms with Gasteiger partial charge in [-0.25, -0.2) is 0 Å². The Balaban J connectivity index is 2.44. The molecule has 0 amide bonds. The number of benzene rings is 1. The van der Waals surface area contributed by atoms with Crippen molar-refractivity contribution in [2.75, 3.05) is 0 Å². The highest BCUT2D eigenvalue weighted by atomic mass is 16.3. The van der Waals surface area contributed by atoms with E-state index in [1.165, 1.54) is 11.1 Å². The van der Waals surface area contributed by atoms with E-state index >= 15 is 0 Å². The van der Waals surface area contributed by atoms with Crippen molar-refractivity contribution >= 4 is 0 Å². The van der Waals surface area contributed by atoms with E-state index in [0.717, 1.165) is 19.3 Å². The lowest BCUT2D eigenvalue weighted by Crippen LogP contribution is -2.14. The molecule has 2 unspecified atom stereocenters. The second-order valence-corrected chi connectivity index (χ2v) is 4.59. The minimum atomic E-state index is -0.192. The third-order valence-corrected chi connectivity index (χ3v) is 2.96. The maximum Gasteiger partial charge on any atom is 0.0583 e. The van der Waals surface area contributed by atoms with E-state index in [2.05, 4.69) is 45.0 Å². The Hall–Kier alpha value is -0.820. The molecule has 0 heterocycles. The SMILES string of the molecule is CCC(C)CC(O)Cc1ccc(C)cc1. The van der Waals surface area contributed by atoms with Crippen LogP contribution < -0.4 is 0 Å². The van der Waals surface area contributed by atoms with Gasteiger partial charge in [0, 0.05) is 0 Å². The standard InChI is InChI=1S/C14H22O/c1-4-11(2)9-14(15)10-13-7-5-12(3)6-8-13/h5-8,11,14-15H,4,9-10H2,1-3H3. The van der Waals surface area contributed by atoms with Gasteiger partial charge in [0.2, 0.25) is 0 Å². The van der Waals surface area contributed by atoms with Crippen LogP contribution in [0.4, 0.5) is 0 Å². The summed E-state index contributed by atoms with van der Waals surface area (Å²) in [5.74, 6) is 0.616. The molecule has 1 aromatic carbocycles. The molecule has 1 heteroatoms. The van der Waals surface area contributed by atoms with E-state index < -0.39 is 0 Å². The van der Waals surface area contributed by atoms with Crippen LogP contribution in [0.3, 0.4) is 0 Å². The van der Waals surface area contributed by atoms with Gasteiger partial charge >= 0.3 is 0 Å². The van der Waals surface area contributed by atoms with E-state index in [4.69, 9.17) is 0 Å². The summed E-state index contributed by atoms with van der Waals surface area (Å²) in [5, 5.41) is 9.87. The summed E-state index contributed by atoms with van der Waals surface area (Å²) < 4.78 is 0. The lowest BCUT2D eigenvalue weighted by Gasteiger charge is -2.14. The molecule has 0 aliphatic carbocycles. The van der Waals surface area contributed by atoms with Gasteiger partial charge in [-0.2, -0.15) is 0 Å². The van der Waals surface area contributed by atoms with Crippen LogP contribution in [0.25, 0.3) is 0 Å². The Labute approximate surface area is 93.1 Å². The smallest absolute Gasteiger partial charge is 0.0583 e. The third-order valence-electron chi connectivity index (χ3n) is 2.96. The van der Waals surface area contributed by atoms with Crippen molar-refractivity contribution in [3.8, 4) is 0 Å². The lowest BCUT2D eigenvalue weighted by atomic mass is 9.96. The second kappa shape index (κ2) is 5.92. The molecule has 2 atom stereocenters. The average molecular weight is 206 g/mol. The topological polar surface area (TPSA) is 20.2 Å². The van der Waals surface area contributed by atoms with E-state index in [0.29, 0.717) is 5.92 Å². The van der Waals surface area contributed by atoms with Crippen LogP contribution >= 0.6 is 0 Å². The zero-order valence-corrected chi connectivity index (χ0v) is 10.0. The summed E-state index contributed by atoms with van der Waals surface area (Å²) in [5.41, 5.74) is 2.51. The minimum Gasteiger partial charge on any atom is -0.393 e. The van der Waals surface area contributed by atoms with Crippen LogP contribution in [0.5, 0.6) is 0 Å². The van der Waals surface area contributed by atoms with Gasteiger partial charge in [0.15, 0.2) is 0 Å². The van der Waals surface area contributed by atoms with Crippen LogP contribution in [0.2, 0.25) is 0 Å². The normalized spacial score (nSPS) is 14.9. The summed E-state index contributed by atoms with van der Waals surface area (Å²) in [6, 6.07) is 8.42. The molecule has 1 aromatic rings. The molecule has 0 radical (unpaired) electrons. The molecule has 1 rings (SSSR count). The van der Waals surface area contributed by atoms with Crippen molar-refractivity contribution < 1.29 is 5.11 Å². The van der Waals surface area contributed by atoms with Crippen molar-refractivity contribution in [1.82, 2.24) is 0 Å². The number of aliphatic hydroxyl groups excluding tert-OH is 1. The molecule has 0 fully saturated rings. The minimum absolute atomic E-state index is 0.192. The fourth-order valence-corrected chi connectivity index (χ4v) is 1.71. The van der Waals surface area contributed by atoms with Gasteiger partial charge in [0.05, 0.1) is 6.10 Å². The van der Waals surface area contributed by atoms with Crippen molar-refractivity contribution in [3.05, 3.63) is 35.4 Å². The van der Waals surface area contributed by atoms with Crippen LogP contribution in [-0.4, -0.2) is 11.2 Å². The van der Waals surface area contributed by atoms with E-state index in [9.17, 15) is 5.11 Å². The zero-order chi connectivity index (χ0) is 11.3. The van der Waals surface area contributed by atoms with Crippen LogP contribution in [0, 0.1) is 12.8 Å². The number of hydrogen-bond donors (Lipinski definition) is 1. The predicted octanol–water partition coefficient (Wildman–Crippen LogP) is 3.33. The van der Waals surface area contributed by atoms with Gasteiger partial charge in [0.1, 0.15) is 0 Å². The number of aryl methyl sites for hydroxylation is 1. The third kappa shape index (κ3) is 4.48. The Bertz CT molecular complexity index is 276. The molecule has 0 saturated heterocycles. The molecule has 0 saturated carbocycles. The molecular weight excluding hydrogens is 184 g/mol. The Kier molecular flexibility index (Phi) is 4.83. The quantitative estimate of drug-likeness (QED) is 0.783. The van der Waals surface area contributed by atoms with E-state index in [1.807, 2.05) is 0 Å². The van der Waals surface area contributed by atoms with Crippen LogP contribution in [-0.2, 0) is 6.42 Å². The van der Waals surface area contributed by atoms with Gasteiger partial charge in [-0.15, -0.1) is 0 Å². The maximum absolute atomic E-state index is 9.87. The van der Waals surface area contributed by atoms with Gasteiger partial charge in [0.25, 0.3) is 0 Å². The van der Waals surface area contributed by atoms with Crippen LogP contribution in [0.1, 0.15) is 37.8 Å². The largest absolute Gasteiger partial charge is 0.393 e. The van der Waals surface area contributed by atoms with Gasteiger partial charge in [-0.3, -0.25) is 0 Å². The molecular formula is C14H22O. The first-order chi connectivity index (χ1) is 7.11. The number of hydrogen-bond acceptors (Lipinski definition) is 1. The van der Waals surface area contributed by atoms with Crippen LogP contribution in [0.15, 0.2) is 24.3 Å². The van der Waals surface area contributed by atoms with E-state index in [-0.39, 0.29) is 6.10 Å². The summed E-state index contributed by atoms with van der Waals surface area (Å²) in [6.07, 6.45) is 2.64. The van der Waals surface area contributed by atoms with Crippen molar-refractivity contribution in [2.45, 2.75) is 46.1 Å². The first-order valence-corrected chi connectivity index (χ1v) is 5.85. The van der Waals surface area contributed by atoms with Gasteiger partial charge in [-0.1, -0.05) is 50.1 Å².